The molecule has 0 aliphatic carbocycles. The molecule has 0 N–H and O–H groups in total. The molecule has 0 radical (unpaired) electrons. The van der Waals surface area contributed by atoms with E-state index < -0.39 is 0 Å². The molecule has 0 amide bonds. The second-order valence-corrected chi connectivity index (χ2v) is 12.1. The van der Waals surface area contributed by atoms with Gasteiger partial charge >= 0.3 is 0 Å². The minimum Gasteiger partial charge on any atom is -0.0893 e. The van der Waals surface area contributed by atoms with Crippen molar-refractivity contribution < 1.29 is 0 Å². The number of allylic oxidation sites excluding steroid dienone is 4. The SMILES string of the molecule is CCC1=PC(CC)(CC(C)C2(CC)P=C(CC)C(CC)=C2CC)C(CC)=C1CC. The molecule has 2 aliphatic heterocycles. The van der Waals surface area contributed by atoms with Gasteiger partial charge in [-0.05, 0) is 85.4 Å². The standard InChI is InChI=1S/C27H46P2/c1-10-20-22(12-3)26(16-7,28-24(20)14-5)18-19(9)27(17-8)23(13-4)21(11-2)25(15-6)29-27/h19H,10-18H2,1-9H3. The van der Waals surface area contributed by atoms with Gasteiger partial charge in [-0.2, -0.15) is 0 Å². The summed E-state index contributed by atoms with van der Waals surface area (Å²) < 4.78 is 0. The highest BCUT2D eigenvalue weighted by molar-refractivity contribution is 7.44. The molecule has 0 aromatic carbocycles. The molecule has 0 fully saturated rings. The molecule has 3 atom stereocenters. The van der Waals surface area contributed by atoms with Gasteiger partial charge in [-0.15, -0.1) is 0 Å². The monoisotopic (exact) mass is 432 g/mol. The lowest BCUT2D eigenvalue weighted by Gasteiger charge is -2.41. The van der Waals surface area contributed by atoms with Crippen molar-refractivity contribution in [2.75, 3.05) is 0 Å². The molecule has 0 spiro atoms. The van der Waals surface area contributed by atoms with Crippen LogP contribution in [0, 0.1) is 5.92 Å². The van der Waals surface area contributed by atoms with Gasteiger partial charge < -0.3 is 0 Å². The Bertz CT molecular complexity index is 721. The summed E-state index contributed by atoms with van der Waals surface area (Å²) in [6.07, 6.45) is 11.3. The average Bonchev–Trinajstić information content (AvgIpc) is 3.25. The van der Waals surface area contributed by atoms with Crippen molar-refractivity contribution in [1.29, 1.82) is 0 Å². The Hall–Kier alpha value is -0.180. The van der Waals surface area contributed by atoms with E-state index in [1.165, 1.54) is 57.8 Å². The first-order valence-electron chi connectivity index (χ1n) is 12.5. The topological polar surface area (TPSA) is 0 Å². The highest BCUT2D eigenvalue weighted by atomic mass is 31.1. The van der Waals surface area contributed by atoms with Crippen molar-refractivity contribution in [3.05, 3.63) is 22.3 Å². The third-order valence-corrected chi connectivity index (χ3v) is 12.2. The third kappa shape index (κ3) is 4.15. The van der Waals surface area contributed by atoms with Crippen molar-refractivity contribution in [1.82, 2.24) is 0 Å². The van der Waals surface area contributed by atoms with Crippen LogP contribution < -0.4 is 0 Å². The van der Waals surface area contributed by atoms with Crippen LogP contribution in [0.1, 0.15) is 120 Å². The van der Waals surface area contributed by atoms with E-state index in [-0.39, 0.29) is 0 Å². The maximum atomic E-state index is 2.60. The largest absolute Gasteiger partial charge is 0.0893 e. The average molecular weight is 433 g/mol. The zero-order valence-corrected chi connectivity index (χ0v) is 22.6. The van der Waals surface area contributed by atoms with Gasteiger partial charge in [0, 0.05) is 10.3 Å². The van der Waals surface area contributed by atoms with Gasteiger partial charge in [0.05, 0.1) is 0 Å². The molecule has 0 saturated carbocycles. The van der Waals surface area contributed by atoms with Crippen LogP contribution >= 0.6 is 16.4 Å². The smallest absolute Gasteiger partial charge is 0.0362 e. The quantitative estimate of drug-likeness (QED) is 0.285. The first kappa shape index (κ1) is 25.1. The van der Waals surface area contributed by atoms with Crippen LogP contribution in [0.4, 0.5) is 0 Å². The summed E-state index contributed by atoms with van der Waals surface area (Å²) in [5.74, 6) is 0.734. The molecular weight excluding hydrogens is 386 g/mol. The minimum atomic E-state index is 0.378. The van der Waals surface area contributed by atoms with Gasteiger partial charge in [0.2, 0.25) is 0 Å². The van der Waals surface area contributed by atoms with Gasteiger partial charge in [0.15, 0.2) is 0 Å². The van der Waals surface area contributed by atoms with Crippen LogP contribution in [0.2, 0.25) is 0 Å². The van der Waals surface area contributed by atoms with Crippen LogP contribution in [-0.2, 0) is 0 Å². The number of hydrogen-bond donors (Lipinski definition) is 0. The molecule has 2 heterocycles. The summed E-state index contributed by atoms with van der Waals surface area (Å²) in [6, 6.07) is 0. The van der Waals surface area contributed by atoms with E-state index in [4.69, 9.17) is 0 Å². The second kappa shape index (κ2) is 10.4. The molecule has 0 aromatic heterocycles. The normalized spacial score (nSPS) is 29.4. The van der Waals surface area contributed by atoms with Crippen molar-refractivity contribution in [2.24, 2.45) is 5.92 Å². The predicted octanol–water partition coefficient (Wildman–Crippen LogP) is 9.63. The van der Waals surface area contributed by atoms with Gasteiger partial charge in [0.1, 0.15) is 0 Å². The van der Waals surface area contributed by atoms with Crippen LogP contribution in [0.5, 0.6) is 0 Å². The van der Waals surface area contributed by atoms with Crippen LogP contribution in [0.15, 0.2) is 22.3 Å². The first-order valence-corrected chi connectivity index (χ1v) is 14.3. The second-order valence-electron chi connectivity index (χ2n) is 8.92. The lowest BCUT2D eigenvalue weighted by Crippen LogP contribution is -2.37. The van der Waals surface area contributed by atoms with E-state index >= 15 is 0 Å². The summed E-state index contributed by atoms with van der Waals surface area (Å²) in [4.78, 5) is 0. The Labute approximate surface area is 185 Å². The zero-order chi connectivity index (χ0) is 21.8. The fourth-order valence-corrected chi connectivity index (χ4v) is 10.5. The Morgan fingerprint density at radius 2 is 1.14 bits per heavy atom. The van der Waals surface area contributed by atoms with Crippen molar-refractivity contribution in [3.63, 3.8) is 0 Å². The van der Waals surface area contributed by atoms with Crippen LogP contribution in [0.3, 0.4) is 0 Å². The molecule has 3 unspecified atom stereocenters. The van der Waals surface area contributed by atoms with E-state index in [0.717, 1.165) is 5.92 Å². The van der Waals surface area contributed by atoms with Crippen LogP contribution in [-0.4, -0.2) is 20.9 Å². The van der Waals surface area contributed by atoms with Gasteiger partial charge in [-0.3, -0.25) is 0 Å². The third-order valence-electron chi connectivity index (χ3n) is 7.86. The highest BCUT2D eigenvalue weighted by Crippen LogP contribution is 2.58. The number of rotatable bonds is 11. The van der Waals surface area contributed by atoms with Gasteiger partial charge in [-0.25, -0.2) is 0 Å². The minimum absolute atomic E-state index is 0.378. The lowest BCUT2D eigenvalue weighted by atomic mass is 9.73. The van der Waals surface area contributed by atoms with Gasteiger partial charge in [0.25, 0.3) is 0 Å². The van der Waals surface area contributed by atoms with Crippen molar-refractivity contribution in [2.45, 2.75) is 130 Å². The molecular formula is C27H46P2. The predicted molar refractivity (Wildman–Crippen MR) is 139 cm³/mol. The molecule has 0 nitrogen and oxygen atoms in total. The molecule has 0 aromatic rings. The van der Waals surface area contributed by atoms with Crippen LogP contribution in [0.25, 0.3) is 0 Å². The van der Waals surface area contributed by atoms with E-state index in [2.05, 4.69) is 62.3 Å². The summed E-state index contributed by atoms with van der Waals surface area (Å²) in [5, 5.41) is 4.26. The van der Waals surface area contributed by atoms with E-state index in [9.17, 15) is 0 Å². The summed E-state index contributed by atoms with van der Waals surface area (Å²) in [6.45, 7) is 21.9. The fraction of sp³-hybridized carbons (Fsp3) is 0.778. The Morgan fingerprint density at radius 1 is 0.621 bits per heavy atom. The van der Waals surface area contributed by atoms with E-state index in [1.54, 1.807) is 38.1 Å². The molecule has 29 heavy (non-hydrogen) atoms. The number of hydrogen-bond acceptors (Lipinski definition) is 0. The summed E-state index contributed by atoms with van der Waals surface area (Å²) in [5.41, 5.74) is 7.10. The Kier molecular flexibility index (Phi) is 9.01. The Morgan fingerprint density at radius 3 is 1.55 bits per heavy atom. The lowest BCUT2D eigenvalue weighted by molar-refractivity contribution is 0.363. The van der Waals surface area contributed by atoms with Gasteiger partial charge in [-0.1, -0.05) is 89.9 Å². The summed E-state index contributed by atoms with van der Waals surface area (Å²) in [7, 11) is 3.29. The fourth-order valence-electron chi connectivity index (χ4n) is 6.47. The Balaban J connectivity index is 2.55. The van der Waals surface area contributed by atoms with Crippen molar-refractivity contribution >= 4 is 27.0 Å². The molecule has 2 aliphatic rings. The molecule has 0 bridgehead atoms. The van der Waals surface area contributed by atoms with E-state index in [0.29, 0.717) is 10.3 Å². The maximum absolute atomic E-state index is 2.60. The highest BCUT2D eigenvalue weighted by Gasteiger charge is 2.47. The zero-order valence-electron chi connectivity index (χ0n) is 20.8. The maximum Gasteiger partial charge on any atom is 0.0362 e. The van der Waals surface area contributed by atoms with Crippen molar-refractivity contribution in [3.8, 4) is 0 Å². The molecule has 2 heteroatoms. The molecule has 2 rings (SSSR count). The van der Waals surface area contributed by atoms with E-state index in [1.807, 2.05) is 11.1 Å². The summed E-state index contributed by atoms with van der Waals surface area (Å²) >= 11 is 0. The first-order chi connectivity index (χ1) is 13.9. The molecule has 164 valence electrons. The molecule has 0 saturated heterocycles.